The van der Waals surface area contributed by atoms with Crippen molar-refractivity contribution in [1.29, 1.82) is 0 Å². The zero-order valence-electron chi connectivity index (χ0n) is 10.9. The topological polar surface area (TPSA) is 32.7 Å². The van der Waals surface area contributed by atoms with Crippen LogP contribution in [0, 0.1) is 0 Å². The van der Waals surface area contributed by atoms with Gasteiger partial charge in [-0.05, 0) is 31.7 Å². The van der Waals surface area contributed by atoms with Crippen LogP contribution < -0.4 is 4.74 Å². The Kier molecular flexibility index (Phi) is 5.62. The van der Waals surface area contributed by atoms with Crippen LogP contribution in [0.15, 0.2) is 24.3 Å². The molecular formula is C13H18F3NO2. The van der Waals surface area contributed by atoms with Crippen LogP contribution >= 0.6 is 0 Å². The van der Waals surface area contributed by atoms with E-state index in [1.54, 1.807) is 12.1 Å². The predicted molar refractivity (Wildman–Crippen MR) is 66.0 cm³/mol. The predicted octanol–water partition coefficient (Wildman–Crippen LogP) is 2.44. The minimum atomic E-state index is -4.32. The lowest BCUT2D eigenvalue weighted by atomic mass is 10.2. The van der Waals surface area contributed by atoms with Crippen LogP contribution in [0.1, 0.15) is 12.5 Å². The second kappa shape index (κ2) is 6.77. The summed E-state index contributed by atoms with van der Waals surface area (Å²) in [5, 5.41) is 9.01. The molecule has 0 fully saturated rings. The second-order valence-corrected chi connectivity index (χ2v) is 4.49. The summed E-state index contributed by atoms with van der Waals surface area (Å²) in [6, 6.07) is 6.48. The first-order valence-electron chi connectivity index (χ1n) is 5.91. The van der Waals surface area contributed by atoms with E-state index in [0.717, 1.165) is 5.56 Å². The number of ether oxygens (including phenoxy) is 1. The van der Waals surface area contributed by atoms with Crippen molar-refractivity contribution in [3.63, 3.8) is 0 Å². The quantitative estimate of drug-likeness (QED) is 0.867. The van der Waals surface area contributed by atoms with E-state index in [4.69, 9.17) is 5.11 Å². The van der Waals surface area contributed by atoms with Crippen molar-refractivity contribution < 1.29 is 23.0 Å². The molecule has 1 aromatic rings. The standard InChI is InChI=1S/C13H18F3NO2/c1-10(8-18)17(2)7-11-3-5-12(6-4-11)19-9-13(14,15)16/h3-6,10,18H,7-9H2,1-2H3. The summed E-state index contributed by atoms with van der Waals surface area (Å²) < 4.78 is 40.5. The maximum absolute atomic E-state index is 12.0. The number of hydrogen-bond donors (Lipinski definition) is 1. The van der Waals surface area contributed by atoms with Gasteiger partial charge in [-0.1, -0.05) is 12.1 Å². The lowest BCUT2D eigenvalue weighted by molar-refractivity contribution is -0.153. The Labute approximate surface area is 110 Å². The third kappa shape index (κ3) is 5.94. The van der Waals surface area contributed by atoms with Gasteiger partial charge in [0.05, 0.1) is 6.61 Å². The number of aliphatic hydroxyl groups is 1. The molecule has 0 bridgehead atoms. The Morgan fingerprint density at radius 2 is 1.84 bits per heavy atom. The number of alkyl halides is 3. The monoisotopic (exact) mass is 277 g/mol. The fourth-order valence-electron chi connectivity index (χ4n) is 1.44. The fraction of sp³-hybridized carbons (Fsp3) is 0.538. The van der Waals surface area contributed by atoms with Crippen molar-refractivity contribution in [2.24, 2.45) is 0 Å². The van der Waals surface area contributed by atoms with Gasteiger partial charge in [-0.3, -0.25) is 4.90 Å². The average Bonchev–Trinajstić information content (AvgIpc) is 2.36. The Balaban J connectivity index is 2.52. The summed E-state index contributed by atoms with van der Waals surface area (Å²) >= 11 is 0. The maximum atomic E-state index is 12.0. The highest BCUT2D eigenvalue weighted by molar-refractivity contribution is 5.27. The van der Waals surface area contributed by atoms with Gasteiger partial charge in [0, 0.05) is 12.6 Å². The van der Waals surface area contributed by atoms with Gasteiger partial charge in [0.25, 0.3) is 0 Å². The van der Waals surface area contributed by atoms with Crippen molar-refractivity contribution in [1.82, 2.24) is 4.90 Å². The van der Waals surface area contributed by atoms with Gasteiger partial charge >= 0.3 is 6.18 Å². The number of benzene rings is 1. The Morgan fingerprint density at radius 3 is 2.32 bits per heavy atom. The summed E-state index contributed by atoms with van der Waals surface area (Å²) in [6.45, 7) is 1.28. The van der Waals surface area contributed by atoms with E-state index in [9.17, 15) is 13.2 Å². The first-order valence-corrected chi connectivity index (χ1v) is 5.91. The van der Waals surface area contributed by atoms with Gasteiger partial charge < -0.3 is 9.84 Å². The van der Waals surface area contributed by atoms with Gasteiger partial charge in [-0.2, -0.15) is 13.2 Å². The van der Waals surface area contributed by atoms with Crippen molar-refractivity contribution >= 4 is 0 Å². The fourth-order valence-corrected chi connectivity index (χ4v) is 1.44. The molecule has 0 heterocycles. The summed E-state index contributed by atoms with van der Waals surface area (Å²) in [6.07, 6.45) is -4.32. The number of nitrogens with zero attached hydrogens (tertiary/aromatic N) is 1. The van der Waals surface area contributed by atoms with E-state index in [0.29, 0.717) is 6.54 Å². The third-order valence-corrected chi connectivity index (χ3v) is 2.77. The highest BCUT2D eigenvalue weighted by Gasteiger charge is 2.28. The van der Waals surface area contributed by atoms with Crippen molar-refractivity contribution in [3.8, 4) is 5.75 Å². The minimum Gasteiger partial charge on any atom is -0.484 e. The molecule has 0 aliphatic rings. The summed E-state index contributed by atoms with van der Waals surface area (Å²) in [5.41, 5.74) is 0.946. The highest BCUT2D eigenvalue weighted by atomic mass is 19.4. The molecule has 0 spiro atoms. The van der Waals surface area contributed by atoms with Gasteiger partial charge in [0.2, 0.25) is 0 Å². The van der Waals surface area contributed by atoms with Crippen LogP contribution in [-0.4, -0.2) is 42.5 Å². The van der Waals surface area contributed by atoms with Crippen LogP contribution in [-0.2, 0) is 6.54 Å². The number of hydrogen-bond acceptors (Lipinski definition) is 3. The Bertz CT molecular complexity index is 378. The molecule has 1 rings (SSSR count). The molecule has 19 heavy (non-hydrogen) atoms. The molecule has 1 unspecified atom stereocenters. The number of halogens is 3. The smallest absolute Gasteiger partial charge is 0.422 e. The number of rotatable bonds is 6. The summed E-state index contributed by atoms with van der Waals surface area (Å²) in [4.78, 5) is 1.95. The third-order valence-electron chi connectivity index (χ3n) is 2.77. The first-order chi connectivity index (χ1) is 8.81. The van der Waals surface area contributed by atoms with Crippen molar-refractivity contribution in [2.45, 2.75) is 25.7 Å². The average molecular weight is 277 g/mol. The molecule has 0 radical (unpaired) electrons. The van der Waals surface area contributed by atoms with Crippen LogP contribution in [0.5, 0.6) is 5.75 Å². The van der Waals surface area contributed by atoms with Crippen LogP contribution in [0.3, 0.4) is 0 Å². The van der Waals surface area contributed by atoms with E-state index in [-0.39, 0.29) is 18.4 Å². The van der Waals surface area contributed by atoms with Crippen molar-refractivity contribution in [3.05, 3.63) is 29.8 Å². The van der Waals surface area contributed by atoms with E-state index in [1.165, 1.54) is 12.1 Å². The molecule has 1 N–H and O–H groups in total. The van der Waals surface area contributed by atoms with E-state index in [1.807, 2.05) is 18.9 Å². The molecule has 0 saturated heterocycles. The van der Waals surface area contributed by atoms with Gasteiger partial charge in [0.1, 0.15) is 5.75 Å². The Hall–Kier alpha value is -1.27. The molecule has 0 aromatic heterocycles. The largest absolute Gasteiger partial charge is 0.484 e. The number of likely N-dealkylation sites (N-methyl/N-ethyl adjacent to an activating group) is 1. The molecule has 1 atom stereocenters. The van der Waals surface area contributed by atoms with Gasteiger partial charge in [0.15, 0.2) is 6.61 Å². The van der Waals surface area contributed by atoms with Gasteiger partial charge in [-0.15, -0.1) is 0 Å². The van der Waals surface area contributed by atoms with Gasteiger partial charge in [-0.25, -0.2) is 0 Å². The maximum Gasteiger partial charge on any atom is 0.422 e. The number of aliphatic hydroxyl groups excluding tert-OH is 1. The molecule has 0 amide bonds. The zero-order valence-corrected chi connectivity index (χ0v) is 10.9. The van der Waals surface area contributed by atoms with E-state index < -0.39 is 12.8 Å². The zero-order chi connectivity index (χ0) is 14.5. The lowest BCUT2D eigenvalue weighted by Crippen LogP contribution is -2.31. The van der Waals surface area contributed by atoms with E-state index >= 15 is 0 Å². The Morgan fingerprint density at radius 1 is 1.26 bits per heavy atom. The SMILES string of the molecule is CC(CO)N(C)Cc1ccc(OCC(F)(F)F)cc1. The molecule has 0 aliphatic heterocycles. The second-order valence-electron chi connectivity index (χ2n) is 4.49. The highest BCUT2D eigenvalue weighted by Crippen LogP contribution is 2.19. The normalized spacial score (nSPS) is 13.6. The van der Waals surface area contributed by atoms with Crippen LogP contribution in [0.2, 0.25) is 0 Å². The molecule has 3 nitrogen and oxygen atoms in total. The molecule has 1 aromatic carbocycles. The lowest BCUT2D eigenvalue weighted by Gasteiger charge is -2.22. The molecule has 108 valence electrons. The van der Waals surface area contributed by atoms with Crippen molar-refractivity contribution in [2.75, 3.05) is 20.3 Å². The first kappa shape index (κ1) is 15.8. The van der Waals surface area contributed by atoms with Crippen LogP contribution in [0.4, 0.5) is 13.2 Å². The molecule has 6 heteroatoms. The molecular weight excluding hydrogens is 259 g/mol. The van der Waals surface area contributed by atoms with Crippen LogP contribution in [0.25, 0.3) is 0 Å². The van der Waals surface area contributed by atoms with E-state index in [2.05, 4.69) is 4.74 Å². The molecule has 0 aliphatic carbocycles. The molecule has 0 saturated carbocycles. The summed E-state index contributed by atoms with van der Waals surface area (Å²) in [5.74, 6) is 0.193. The summed E-state index contributed by atoms with van der Waals surface area (Å²) in [7, 11) is 1.87. The minimum absolute atomic E-state index is 0.0288.